The summed E-state index contributed by atoms with van der Waals surface area (Å²) in [5, 5.41) is 3.43. The lowest BCUT2D eigenvalue weighted by molar-refractivity contribution is 0.140. The molecular weight excluding hydrogens is 226 g/mol. The molecule has 18 heavy (non-hydrogen) atoms. The lowest BCUT2D eigenvalue weighted by atomic mass is 10.1. The second kappa shape index (κ2) is 6.76. The fourth-order valence-corrected chi connectivity index (χ4v) is 2.19. The van der Waals surface area contributed by atoms with Gasteiger partial charge >= 0.3 is 0 Å². The van der Waals surface area contributed by atoms with Crippen LogP contribution in [0.4, 0.5) is 0 Å². The summed E-state index contributed by atoms with van der Waals surface area (Å²) < 4.78 is 11.5. The molecule has 1 atom stereocenters. The largest absolute Gasteiger partial charge is 0.487 e. The van der Waals surface area contributed by atoms with Crippen LogP contribution in [-0.2, 0) is 11.3 Å². The first-order valence-electron chi connectivity index (χ1n) is 6.85. The van der Waals surface area contributed by atoms with Gasteiger partial charge in [-0.25, -0.2) is 0 Å². The topological polar surface area (TPSA) is 30.5 Å². The highest BCUT2D eigenvalue weighted by Gasteiger charge is 2.19. The Morgan fingerprint density at radius 2 is 2.33 bits per heavy atom. The Morgan fingerprint density at radius 1 is 1.44 bits per heavy atom. The third-order valence-corrected chi connectivity index (χ3v) is 3.21. The fraction of sp³-hybridized carbons (Fsp3) is 0.600. The zero-order valence-corrected chi connectivity index (χ0v) is 11.4. The van der Waals surface area contributed by atoms with Crippen molar-refractivity contribution >= 4 is 0 Å². The van der Waals surface area contributed by atoms with E-state index >= 15 is 0 Å². The second-order valence-corrected chi connectivity index (χ2v) is 4.84. The molecule has 0 amide bonds. The molecule has 0 saturated carbocycles. The van der Waals surface area contributed by atoms with Gasteiger partial charge in [0.25, 0.3) is 0 Å². The Kier molecular flexibility index (Phi) is 5.02. The summed E-state index contributed by atoms with van der Waals surface area (Å²) in [4.78, 5) is 0. The van der Waals surface area contributed by atoms with Gasteiger partial charge in [0.15, 0.2) is 0 Å². The number of benzene rings is 1. The molecule has 1 unspecified atom stereocenters. The van der Waals surface area contributed by atoms with Crippen LogP contribution in [0.15, 0.2) is 18.2 Å². The zero-order chi connectivity index (χ0) is 12.8. The van der Waals surface area contributed by atoms with Gasteiger partial charge in [0.2, 0.25) is 0 Å². The highest BCUT2D eigenvalue weighted by atomic mass is 16.5. The van der Waals surface area contributed by atoms with Crippen molar-refractivity contribution in [3.8, 4) is 5.75 Å². The molecule has 0 aliphatic carbocycles. The van der Waals surface area contributed by atoms with E-state index in [1.807, 2.05) is 0 Å². The molecule has 0 radical (unpaired) electrons. The fourth-order valence-electron chi connectivity index (χ4n) is 2.19. The van der Waals surface area contributed by atoms with Crippen molar-refractivity contribution < 1.29 is 9.47 Å². The summed E-state index contributed by atoms with van der Waals surface area (Å²) in [6, 6.07) is 6.34. The first kappa shape index (κ1) is 13.4. The molecule has 1 saturated heterocycles. The highest BCUT2D eigenvalue weighted by Crippen LogP contribution is 2.26. The quantitative estimate of drug-likeness (QED) is 0.786. The Labute approximate surface area is 109 Å². The molecule has 3 heteroatoms. The van der Waals surface area contributed by atoms with E-state index in [1.54, 1.807) is 0 Å². The van der Waals surface area contributed by atoms with E-state index < -0.39 is 0 Å². The number of nitrogens with one attached hydrogen (secondary N) is 1. The highest BCUT2D eigenvalue weighted by molar-refractivity contribution is 5.41. The van der Waals surface area contributed by atoms with Crippen molar-refractivity contribution in [3.05, 3.63) is 29.3 Å². The third kappa shape index (κ3) is 3.47. The van der Waals surface area contributed by atoms with Crippen LogP contribution in [0.25, 0.3) is 0 Å². The van der Waals surface area contributed by atoms with Gasteiger partial charge in [-0.1, -0.05) is 25.1 Å². The van der Waals surface area contributed by atoms with E-state index in [0.717, 1.165) is 44.9 Å². The first-order valence-corrected chi connectivity index (χ1v) is 6.85. The molecule has 1 aromatic carbocycles. The van der Waals surface area contributed by atoms with Gasteiger partial charge in [-0.05, 0) is 25.5 Å². The van der Waals surface area contributed by atoms with Crippen molar-refractivity contribution in [2.24, 2.45) is 0 Å². The predicted molar refractivity (Wildman–Crippen MR) is 73.0 cm³/mol. The lowest BCUT2D eigenvalue weighted by Crippen LogP contribution is -2.19. The molecule has 1 N–H and O–H groups in total. The molecule has 3 nitrogen and oxygen atoms in total. The minimum atomic E-state index is 0.219. The van der Waals surface area contributed by atoms with Gasteiger partial charge in [0.05, 0.1) is 13.2 Å². The van der Waals surface area contributed by atoms with Crippen molar-refractivity contribution in [1.82, 2.24) is 5.32 Å². The average molecular weight is 249 g/mol. The van der Waals surface area contributed by atoms with E-state index in [4.69, 9.17) is 9.47 Å². The smallest absolute Gasteiger partial charge is 0.127 e. The standard InChI is InChI=1S/C15H23NO2/c1-3-8-16-10-13-6-4-5-12(2)15(13)18-14-7-9-17-11-14/h4-6,14,16H,3,7-11H2,1-2H3. The second-order valence-electron chi connectivity index (χ2n) is 4.84. The molecular formula is C15H23NO2. The maximum Gasteiger partial charge on any atom is 0.127 e. The summed E-state index contributed by atoms with van der Waals surface area (Å²) in [7, 11) is 0. The van der Waals surface area contributed by atoms with Crippen molar-refractivity contribution in [3.63, 3.8) is 0 Å². The normalized spacial score (nSPS) is 19.1. The van der Waals surface area contributed by atoms with E-state index in [-0.39, 0.29) is 6.10 Å². The minimum Gasteiger partial charge on any atom is -0.487 e. The molecule has 0 spiro atoms. The van der Waals surface area contributed by atoms with Crippen LogP contribution >= 0.6 is 0 Å². The molecule has 1 fully saturated rings. The van der Waals surface area contributed by atoms with E-state index in [0.29, 0.717) is 0 Å². The number of aryl methyl sites for hydroxylation is 1. The molecule has 1 aliphatic heterocycles. The van der Waals surface area contributed by atoms with E-state index in [2.05, 4.69) is 37.4 Å². The summed E-state index contributed by atoms with van der Waals surface area (Å²) >= 11 is 0. The van der Waals surface area contributed by atoms with E-state index in [9.17, 15) is 0 Å². The average Bonchev–Trinajstić information content (AvgIpc) is 2.86. The number of para-hydroxylation sites is 1. The molecule has 0 bridgehead atoms. The predicted octanol–water partition coefficient (Wildman–Crippen LogP) is 2.66. The van der Waals surface area contributed by atoms with Gasteiger partial charge in [-0.15, -0.1) is 0 Å². The van der Waals surface area contributed by atoms with Crippen LogP contribution < -0.4 is 10.1 Å². The van der Waals surface area contributed by atoms with Gasteiger partial charge in [0.1, 0.15) is 11.9 Å². The maximum atomic E-state index is 6.10. The Hall–Kier alpha value is -1.06. The van der Waals surface area contributed by atoms with Gasteiger partial charge in [0, 0.05) is 18.5 Å². The number of hydrogen-bond donors (Lipinski definition) is 1. The molecule has 1 heterocycles. The summed E-state index contributed by atoms with van der Waals surface area (Å²) in [5.74, 6) is 1.04. The van der Waals surface area contributed by atoms with Crippen LogP contribution in [0.2, 0.25) is 0 Å². The number of rotatable bonds is 6. The van der Waals surface area contributed by atoms with Crippen molar-refractivity contribution in [2.75, 3.05) is 19.8 Å². The van der Waals surface area contributed by atoms with Crippen LogP contribution in [-0.4, -0.2) is 25.9 Å². The number of hydrogen-bond acceptors (Lipinski definition) is 3. The van der Waals surface area contributed by atoms with Crippen LogP contribution in [0.1, 0.15) is 30.9 Å². The Balaban J connectivity index is 2.05. The van der Waals surface area contributed by atoms with Crippen LogP contribution in [0.3, 0.4) is 0 Å². The lowest BCUT2D eigenvalue weighted by Gasteiger charge is -2.18. The maximum absolute atomic E-state index is 6.10. The van der Waals surface area contributed by atoms with Crippen LogP contribution in [0, 0.1) is 6.92 Å². The summed E-state index contributed by atoms with van der Waals surface area (Å²) in [6.07, 6.45) is 2.37. The minimum absolute atomic E-state index is 0.219. The third-order valence-electron chi connectivity index (χ3n) is 3.21. The monoisotopic (exact) mass is 249 g/mol. The van der Waals surface area contributed by atoms with Gasteiger partial charge in [-0.3, -0.25) is 0 Å². The summed E-state index contributed by atoms with van der Waals surface area (Å²) in [5.41, 5.74) is 2.45. The molecule has 0 aromatic heterocycles. The van der Waals surface area contributed by atoms with Crippen molar-refractivity contribution in [2.45, 2.75) is 39.3 Å². The Bertz CT molecular complexity index is 373. The molecule has 100 valence electrons. The molecule has 2 rings (SSSR count). The van der Waals surface area contributed by atoms with Crippen LogP contribution in [0.5, 0.6) is 5.75 Å². The summed E-state index contributed by atoms with van der Waals surface area (Å²) in [6.45, 7) is 7.74. The van der Waals surface area contributed by atoms with Crippen molar-refractivity contribution in [1.29, 1.82) is 0 Å². The van der Waals surface area contributed by atoms with Gasteiger partial charge in [-0.2, -0.15) is 0 Å². The Morgan fingerprint density at radius 3 is 3.06 bits per heavy atom. The number of ether oxygens (including phenoxy) is 2. The van der Waals surface area contributed by atoms with E-state index in [1.165, 1.54) is 11.1 Å². The zero-order valence-electron chi connectivity index (χ0n) is 11.4. The molecule has 1 aromatic rings. The molecule has 1 aliphatic rings. The SMILES string of the molecule is CCCNCc1cccc(C)c1OC1CCOC1. The first-order chi connectivity index (χ1) is 8.81. The van der Waals surface area contributed by atoms with Gasteiger partial charge < -0.3 is 14.8 Å².